The number of hydrogen-bond acceptors (Lipinski definition) is 6. The zero-order valence-electron chi connectivity index (χ0n) is 10.3. The van der Waals surface area contributed by atoms with Crippen molar-refractivity contribution in [3.8, 4) is 0 Å². The van der Waals surface area contributed by atoms with E-state index < -0.39 is 10.0 Å². The Morgan fingerprint density at radius 2 is 2.26 bits per heavy atom. The molecule has 0 aliphatic rings. The van der Waals surface area contributed by atoms with Gasteiger partial charge in [-0.1, -0.05) is 6.92 Å². The summed E-state index contributed by atoms with van der Waals surface area (Å²) in [6.07, 6.45) is 3.68. The average molecular weight is 282 g/mol. The molecule has 0 aliphatic heterocycles. The number of aryl methyl sites for hydroxylation is 1. The highest BCUT2D eigenvalue weighted by atomic mass is 32.2. The van der Waals surface area contributed by atoms with Crippen LogP contribution in [0.2, 0.25) is 0 Å². The summed E-state index contributed by atoms with van der Waals surface area (Å²) in [4.78, 5) is -0.0633. The number of nitrogens with one attached hydrogen (secondary N) is 1. The molecule has 0 spiro atoms. The number of nitrogens with zero attached hydrogens (tertiary/aromatic N) is 4. The highest BCUT2D eigenvalue weighted by Crippen LogP contribution is 2.19. The van der Waals surface area contributed by atoms with E-state index in [0.29, 0.717) is 6.54 Å². The fourth-order valence-electron chi connectivity index (χ4n) is 1.52. The van der Waals surface area contributed by atoms with E-state index in [4.69, 9.17) is 5.73 Å². The Morgan fingerprint density at radius 3 is 2.89 bits per heavy atom. The van der Waals surface area contributed by atoms with Crippen molar-refractivity contribution in [1.29, 1.82) is 0 Å². The maximum absolute atomic E-state index is 12.1. The maximum atomic E-state index is 12.1. The van der Waals surface area contributed by atoms with Crippen LogP contribution in [0.1, 0.15) is 13.3 Å². The van der Waals surface area contributed by atoms with Crippen molar-refractivity contribution >= 4 is 21.7 Å². The van der Waals surface area contributed by atoms with Crippen molar-refractivity contribution in [2.75, 3.05) is 10.5 Å². The minimum atomic E-state index is -3.80. The first-order valence-corrected chi connectivity index (χ1v) is 7.14. The lowest BCUT2D eigenvalue weighted by Crippen LogP contribution is -2.15. The summed E-state index contributed by atoms with van der Waals surface area (Å²) in [7, 11) is -3.80. The van der Waals surface area contributed by atoms with Crippen LogP contribution in [0.25, 0.3) is 0 Å². The molecular weight excluding hydrogens is 268 g/mol. The van der Waals surface area contributed by atoms with Gasteiger partial charge in [0.25, 0.3) is 10.0 Å². The number of anilines is 2. The minimum absolute atomic E-state index is 0.0372. The van der Waals surface area contributed by atoms with E-state index in [1.165, 1.54) is 23.1 Å². The molecule has 2 aromatic heterocycles. The maximum Gasteiger partial charge on any atom is 0.268 e. The molecule has 0 amide bonds. The molecule has 3 N–H and O–H groups in total. The van der Waals surface area contributed by atoms with E-state index in [0.717, 1.165) is 6.42 Å². The zero-order valence-corrected chi connectivity index (χ0v) is 11.1. The minimum Gasteiger partial charge on any atom is -0.381 e. The topological polar surface area (TPSA) is 116 Å². The van der Waals surface area contributed by atoms with Crippen molar-refractivity contribution in [3.63, 3.8) is 0 Å². The highest BCUT2D eigenvalue weighted by molar-refractivity contribution is 7.92. The average Bonchev–Trinajstić information content (AvgIpc) is 2.72. The number of nitrogens with two attached hydrogens (primary N) is 1. The smallest absolute Gasteiger partial charge is 0.268 e. The summed E-state index contributed by atoms with van der Waals surface area (Å²) in [5.41, 5.74) is 5.62. The molecule has 0 aromatic carbocycles. The van der Waals surface area contributed by atoms with Crippen LogP contribution >= 0.6 is 0 Å². The molecule has 102 valence electrons. The third-order valence-electron chi connectivity index (χ3n) is 2.31. The van der Waals surface area contributed by atoms with Crippen molar-refractivity contribution < 1.29 is 8.42 Å². The van der Waals surface area contributed by atoms with Gasteiger partial charge in [-0.05, 0) is 18.6 Å². The molecule has 0 aliphatic carbocycles. The van der Waals surface area contributed by atoms with E-state index in [2.05, 4.69) is 20.0 Å². The number of hydrogen-bond donors (Lipinski definition) is 2. The fourth-order valence-corrected chi connectivity index (χ4v) is 2.59. The van der Waals surface area contributed by atoms with Crippen LogP contribution < -0.4 is 10.5 Å². The summed E-state index contributed by atoms with van der Waals surface area (Å²) in [5.74, 6) is 0.0926. The van der Waals surface area contributed by atoms with Crippen molar-refractivity contribution in [3.05, 3.63) is 24.5 Å². The zero-order chi connectivity index (χ0) is 13.9. The second kappa shape index (κ2) is 5.22. The van der Waals surface area contributed by atoms with Gasteiger partial charge in [0.15, 0.2) is 11.6 Å². The van der Waals surface area contributed by atoms with Gasteiger partial charge in [0.05, 0.1) is 0 Å². The highest BCUT2D eigenvalue weighted by Gasteiger charge is 2.21. The van der Waals surface area contributed by atoms with Gasteiger partial charge in [-0.3, -0.25) is 9.40 Å². The van der Waals surface area contributed by atoms with Crippen LogP contribution in [0, 0.1) is 0 Å². The number of nitrogen functional groups attached to an aromatic ring is 1. The summed E-state index contributed by atoms with van der Waals surface area (Å²) in [6, 6.07) is 3.08. The molecule has 8 nitrogen and oxygen atoms in total. The molecule has 0 saturated heterocycles. The monoisotopic (exact) mass is 282 g/mol. The predicted molar refractivity (Wildman–Crippen MR) is 69.8 cm³/mol. The second-order valence-electron chi connectivity index (χ2n) is 3.86. The van der Waals surface area contributed by atoms with Gasteiger partial charge in [-0.2, -0.15) is 10.2 Å². The first-order chi connectivity index (χ1) is 9.03. The predicted octanol–water partition coefficient (Wildman–Crippen LogP) is 0.466. The van der Waals surface area contributed by atoms with E-state index in [9.17, 15) is 8.42 Å². The molecule has 0 bridgehead atoms. The molecule has 0 saturated carbocycles. The molecule has 0 fully saturated rings. The lowest BCUT2D eigenvalue weighted by Gasteiger charge is -2.04. The van der Waals surface area contributed by atoms with E-state index in [1.54, 1.807) is 6.07 Å². The molecule has 0 radical (unpaired) electrons. The molecule has 0 unspecified atom stereocenters. The Labute approximate surface area is 110 Å². The third-order valence-corrected chi connectivity index (χ3v) is 3.68. The largest absolute Gasteiger partial charge is 0.381 e. The quantitative estimate of drug-likeness (QED) is 0.823. The van der Waals surface area contributed by atoms with Crippen LogP contribution in [-0.2, 0) is 16.6 Å². The molecule has 2 aromatic rings. The van der Waals surface area contributed by atoms with E-state index in [-0.39, 0.29) is 16.5 Å². The van der Waals surface area contributed by atoms with Crippen LogP contribution in [0.15, 0.2) is 29.4 Å². The standard InChI is InChI=1S/C10H14N6O2S/c1-2-6-16-7-8(10(11)14-16)19(17,18)15-9-4-3-5-12-13-9/h3-5,7H,2,6H2,1H3,(H2,11,14)(H,13,15). The summed E-state index contributed by atoms with van der Waals surface area (Å²) in [5, 5.41) is 11.2. The molecule has 2 rings (SSSR count). The van der Waals surface area contributed by atoms with Gasteiger partial charge in [0.2, 0.25) is 0 Å². The Hall–Kier alpha value is -2.16. The van der Waals surface area contributed by atoms with Crippen molar-refractivity contribution in [2.45, 2.75) is 24.8 Å². The first kappa shape index (κ1) is 13.3. The van der Waals surface area contributed by atoms with Crippen molar-refractivity contribution in [1.82, 2.24) is 20.0 Å². The number of rotatable bonds is 5. The summed E-state index contributed by atoms with van der Waals surface area (Å²) < 4.78 is 28.1. The van der Waals surface area contributed by atoms with Crippen LogP contribution in [0.4, 0.5) is 11.6 Å². The third kappa shape index (κ3) is 2.99. The Morgan fingerprint density at radius 1 is 1.47 bits per heavy atom. The van der Waals surface area contributed by atoms with Crippen LogP contribution in [-0.4, -0.2) is 28.4 Å². The van der Waals surface area contributed by atoms with Crippen LogP contribution in [0.5, 0.6) is 0 Å². The van der Waals surface area contributed by atoms with Crippen LogP contribution in [0.3, 0.4) is 0 Å². The summed E-state index contributed by atoms with van der Waals surface area (Å²) >= 11 is 0. The second-order valence-corrected chi connectivity index (χ2v) is 5.51. The van der Waals surface area contributed by atoms with Gasteiger partial charge in [-0.15, -0.1) is 5.10 Å². The lowest BCUT2D eigenvalue weighted by atomic mass is 10.5. The number of aromatic nitrogens is 4. The molecule has 19 heavy (non-hydrogen) atoms. The molecule has 0 atom stereocenters. The van der Waals surface area contributed by atoms with E-state index in [1.807, 2.05) is 6.92 Å². The van der Waals surface area contributed by atoms with Gasteiger partial charge < -0.3 is 5.73 Å². The van der Waals surface area contributed by atoms with E-state index >= 15 is 0 Å². The fraction of sp³-hybridized carbons (Fsp3) is 0.300. The van der Waals surface area contributed by atoms with Gasteiger partial charge in [0, 0.05) is 18.9 Å². The molecule has 9 heteroatoms. The van der Waals surface area contributed by atoms with Gasteiger partial charge in [-0.25, -0.2) is 8.42 Å². The lowest BCUT2D eigenvalue weighted by molar-refractivity contribution is 0.595. The summed E-state index contributed by atoms with van der Waals surface area (Å²) in [6.45, 7) is 2.56. The molecular formula is C10H14N6O2S. The Kier molecular flexibility index (Phi) is 3.65. The molecule has 2 heterocycles. The van der Waals surface area contributed by atoms with Crippen molar-refractivity contribution in [2.24, 2.45) is 0 Å². The SMILES string of the molecule is CCCn1cc(S(=O)(=O)Nc2cccnn2)c(N)n1. The first-order valence-electron chi connectivity index (χ1n) is 5.66. The van der Waals surface area contributed by atoms with Gasteiger partial charge >= 0.3 is 0 Å². The Bertz CT molecular complexity index is 652. The normalized spacial score (nSPS) is 11.4. The Balaban J connectivity index is 2.29. The number of sulfonamides is 1. The van der Waals surface area contributed by atoms with Gasteiger partial charge in [0.1, 0.15) is 4.90 Å².